The molecule has 4 rings (SSSR count). The van der Waals surface area contributed by atoms with Crippen molar-refractivity contribution >= 4 is 23.4 Å². The van der Waals surface area contributed by atoms with Crippen LogP contribution in [0.1, 0.15) is 32.3 Å². The van der Waals surface area contributed by atoms with E-state index >= 15 is 0 Å². The summed E-state index contributed by atoms with van der Waals surface area (Å²) in [4.78, 5) is 44.3. The Morgan fingerprint density at radius 1 is 1.34 bits per heavy atom. The van der Waals surface area contributed by atoms with E-state index in [0.717, 1.165) is 12.3 Å². The van der Waals surface area contributed by atoms with Crippen molar-refractivity contribution in [2.24, 2.45) is 5.92 Å². The third-order valence-electron chi connectivity index (χ3n) is 6.96. The highest BCUT2D eigenvalue weighted by Crippen LogP contribution is 2.38. The fraction of sp³-hybridized carbons (Fsp3) is 0.667. The average Bonchev–Trinajstić information content (AvgIpc) is 3.04. The molecular weight excluding hydrogens is 509 g/mol. The number of carbonyl (C=O) groups excluding carboxylic acids is 3. The molecule has 2 unspecified atom stereocenters. The van der Waals surface area contributed by atoms with Gasteiger partial charge in [-0.3, -0.25) is 19.8 Å². The van der Waals surface area contributed by atoms with Crippen molar-refractivity contribution in [3.8, 4) is 5.75 Å². The smallest absolute Gasteiger partial charge is 0.418 e. The Bertz CT molecular complexity index is 1040. The summed E-state index contributed by atoms with van der Waals surface area (Å²) in [5.41, 5.74) is 4.38. The lowest BCUT2D eigenvalue weighted by Gasteiger charge is -2.41. The molecule has 0 spiro atoms. The first-order chi connectivity index (χ1) is 18.0. The number of ketones is 1. The Morgan fingerprint density at radius 2 is 2.13 bits per heavy atom. The molecule has 0 aromatic carbocycles. The number of hydrogen-bond donors (Lipinski definition) is 3. The number of ether oxygens (including phenoxy) is 2. The van der Waals surface area contributed by atoms with Gasteiger partial charge >= 0.3 is 6.18 Å². The van der Waals surface area contributed by atoms with E-state index < -0.39 is 17.7 Å². The summed E-state index contributed by atoms with van der Waals surface area (Å²) in [6.45, 7) is 5.68. The van der Waals surface area contributed by atoms with Crippen molar-refractivity contribution in [3.05, 3.63) is 17.8 Å². The molecule has 38 heavy (non-hydrogen) atoms. The number of carbonyl (C=O) groups is 3. The van der Waals surface area contributed by atoms with Gasteiger partial charge in [0, 0.05) is 50.9 Å². The van der Waals surface area contributed by atoms with E-state index in [1.54, 1.807) is 4.90 Å². The summed E-state index contributed by atoms with van der Waals surface area (Å²) < 4.78 is 50.5. The third-order valence-corrected chi connectivity index (χ3v) is 6.96. The number of hydrogen-bond acceptors (Lipinski definition) is 9. The maximum atomic E-state index is 13.1. The molecule has 3 aliphatic rings. The molecule has 2 fully saturated rings. The van der Waals surface area contributed by atoms with Crippen LogP contribution in [0.5, 0.6) is 5.75 Å². The van der Waals surface area contributed by atoms with Gasteiger partial charge in [0.1, 0.15) is 11.7 Å². The zero-order chi connectivity index (χ0) is 27.4. The molecule has 0 radical (unpaired) electrons. The molecule has 4 atom stereocenters. The van der Waals surface area contributed by atoms with Gasteiger partial charge in [0.2, 0.25) is 11.8 Å². The number of pyridine rings is 1. The van der Waals surface area contributed by atoms with Crippen LogP contribution in [0.25, 0.3) is 0 Å². The highest BCUT2D eigenvalue weighted by molar-refractivity contribution is 6.01. The molecule has 1 aromatic rings. The van der Waals surface area contributed by atoms with Gasteiger partial charge in [0.05, 0.1) is 37.8 Å². The quantitative estimate of drug-likeness (QED) is 0.318. The van der Waals surface area contributed by atoms with Crippen molar-refractivity contribution in [1.29, 1.82) is 0 Å². The lowest BCUT2D eigenvalue weighted by molar-refractivity contribution is -0.138. The van der Waals surface area contributed by atoms with Crippen LogP contribution in [0.3, 0.4) is 0 Å². The van der Waals surface area contributed by atoms with Crippen LogP contribution in [-0.4, -0.2) is 91.6 Å². The first-order valence-corrected chi connectivity index (χ1v) is 12.7. The molecule has 2 saturated heterocycles. The van der Waals surface area contributed by atoms with E-state index in [4.69, 9.17) is 9.47 Å². The molecule has 0 saturated carbocycles. The minimum absolute atomic E-state index is 0.0687. The standard InChI is InChI=1S/C24H33F3N6O5/c1-14(30-18-11-29-31-23(36)21(18)15(2)34)13-37-7-4-20(35)32-5-6-33-17(12-32)3-8-38-19-9-16(24(25,26)27)10-28-22(19)33/h9-10,14,17-18,21,29-30H,3-8,11-13H2,1-2H3,(H,31,36)/t14-,17-,18?,21?/m0/s1. The van der Waals surface area contributed by atoms with Crippen molar-refractivity contribution in [2.75, 3.05) is 50.9 Å². The van der Waals surface area contributed by atoms with Crippen LogP contribution in [0.2, 0.25) is 0 Å². The molecular formula is C24H33F3N6O5. The van der Waals surface area contributed by atoms with Gasteiger partial charge in [-0.15, -0.1) is 0 Å². The minimum Gasteiger partial charge on any atom is -0.490 e. The Kier molecular flexibility index (Phi) is 8.73. The van der Waals surface area contributed by atoms with Crippen molar-refractivity contribution in [3.63, 3.8) is 0 Å². The minimum atomic E-state index is -4.50. The molecule has 14 heteroatoms. The van der Waals surface area contributed by atoms with E-state index in [-0.39, 0.29) is 61.1 Å². The van der Waals surface area contributed by atoms with E-state index in [0.29, 0.717) is 45.0 Å². The number of piperazine rings is 1. The molecule has 11 nitrogen and oxygen atoms in total. The number of amides is 2. The molecule has 0 bridgehead atoms. The summed E-state index contributed by atoms with van der Waals surface area (Å²) in [6, 6.07) is 0.361. The average molecular weight is 543 g/mol. The van der Waals surface area contributed by atoms with E-state index in [1.807, 2.05) is 11.8 Å². The van der Waals surface area contributed by atoms with Gasteiger partial charge in [0.15, 0.2) is 11.6 Å². The monoisotopic (exact) mass is 542 g/mol. The predicted molar refractivity (Wildman–Crippen MR) is 129 cm³/mol. The topological polar surface area (TPSA) is 125 Å². The number of rotatable bonds is 8. The molecule has 3 aliphatic heterocycles. The summed E-state index contributed by atoms with van der Waals surface area (Å²) in [5.74, 6) is -0.952. The van der Waals surface area contributed by atoms with Crippen LogP contribution < -0.4 is 25.8 Å². The SMILES string of the molecule is CC(=O)C1C(=O)NNCC1N[C@@H](C)COCCC(=O)N1CCN2c3ncc(C(F)(F)F)cc3OCC[C@H]2C1. The summed E-state index contributed by atoms with van der Waals surface area (Å²) in [7, 11) is 0. The summed E-state index contributed by atoms with van der Waals surface area (Å²) in [6.07, 6.45) is -2.95. The third kappa shape index (κ3) is 6.53. The Labute approximate surface area is 218 Å². The fourth-order valence-electron chi connectivity index (χ4n) is 5.07. The van der Waals surface area contributed by atoms with E-state index in [1.165, 1.54) is 6.92 Å². The van der Waals surface area contributed by atoms with Crippen LogP contribution in [-0.2, 0) is 25.3 Å². The first kappa shape index (κ1) is 28.0. The van der Waals surface area contributed by atoms with Crippen molar-refractivity contribution in [1.82, 2.24) is 26.1 Å². The zero-order valence-electron chi connectivity index (χ0n) is 21.3. The lowest BCUT2D eigenvalue weighted by atomic mass is 9.93. The van der Waals surface area contributed by atoms with Crippen LogP contribution in [0.4, 0.5) is 19.0 Å². The first-order valence-electron chi connectivity index (χ1n) is 12.7. The van der Waals surface area contributed by atoms with Crippen LogP contribution in [0.15, 0.2) is 12.3 Å². The number of alkyl halides is 3. The fourth-order valence-corrected chi connectivity index (χ4v) is 5.07. The Balaban J connectivity index is 1.23. The van der Waals surface area contributed by atoms with Gasteiger partial charge in [-0.1, -0.05) is 0 Å². The second kappa shape index (κ2) is 11.8. The van der Waals surface area contributed by atoms with Gasteiger partial charge in [-0.25, -0.2) is 10.4 Å². The maximum Gasteiger partial charge on any atom is 0.418 e. The molecule has 1 aromatic heterocycles. The second-order valence-electron chi connectivity index (χ2n) is 9.83. The van der Waals surface area contributed by atoms with Gasteiger partial charge in [0.25, 0.3) is 0 Å². The number of anilines is 1. The number of Topliss-reactive ketones (excluding diaryl/α,β-unsaturated/α-hetero) is 1. The van der Waals surface area contributed by atoms with Gasteiger partial charge in [-0.05, 0) is 19.9 Å². The van der Waals surface area contributed by atoms with Crippen LogP contribution in [0, 0.1) is 5.92 Å². The molecule has 2 amide bonds. The Morgan fingerprint density at radius 3 is 2.87 bits per heavy atom. The lowest BCUT2D eigenvalue weighted by Crippen LogP contribution is -2.63. The molecule has 3 N–H and O–H groups in total. The normalized spacial score (nSPS) is 24.4. The molecule has 0 aliphatic carbocycles. The van der Waals surface area contributed by atoms with Gasteiger partial charge in [-0.2, -0.15) is 13.2 Å². The number of fused-ring (bicyclic) bond motifs is 3. The van der Waals surface area contributed by atoms with E-state index in [9.17, 15) is 27.6 Å². The number of nitrogens with one attached hydrogen (secondary N) is 3. The van der Waals surface area contributed by atoms with Crippen LogP contribution >= 0.6 is 0 Å². The molecule has 210 valence electrons. The Hall–Kier alpha value is -2.97. The number of halogens is 3. The number of nitrogens with zero attached hydrogens (tertiary/aromatic N) is 3. The zero-order valence-corrected chi connectivity index (χ0v) is 21.3. The maximum absolute atomic E-state index is 13.1. The largest absolute Gasteiger partial charge is 0.490 e. The second-order valence-corrected chi connectivity index (χ2v) is 9.83. The van der Waals surface area contributed by atoms with Crippen molar-refractivity contribution < 1.29 is 37.0 Å². The number of aromatic nitrogens is 1. The highest BCUT2D eigenvalue weighted by atomic mass is 19.4. The van der Waals surface area contributed by atoms with Crippen molar-refractivity contribution in [2.45, 2.75) is 51.0 Å². The number of hydrazine groups is 1. The summed E-state index contributed by atoms with van der Waals surface area (Å²) in [5, 5.41) is 3.24. The molecule has 4 heterocycles. The van der Waals surface area contributed by atoms with E-state index in [2.05, 4.69) is 21.2 Å². The highest BCUT2D eigenvalue weighted by Gasteiger charge is 2.38. The summed E-state index contributed by atoms with van der Waals surface area (Å²) >= 11 is 0. The predicted octanol–water partition coefficient (Wildman–Crippen LogP) is 0.493. The van der Waals surface area contributed by atoms with Gasteiger partial charge < -0.3 is 24.6 Å².